The van der Waals surface area contributed by atoms with Crippen molar-refractivity contribution in [2.75, 3.05) is 13.7 Å². The molecular formula is C22H28O8. The molecule has 4 aliphatic heterocycles. The number of benzene rings is 1. The van der Waals surface area contributed by atoms with Crippen LogP contribution in [0.1, 0.15) is 31.2 Å². The zero-order valence-corrected chi connectivity index (χ0v) is 17.0. The number of aliphatic hydroxyl groups is 1. The highest BCUT2D eigenvalue weighted by Gasteiger charge is 2.70. The van der Waals surface area contributed by atoms with E-state index in [1.54, 1.807) is 0 Å². The van der Waals surface area contributed by atoms with E-state index in [4.69, 9.17) is 28.4 Å². The second-order valence-corrected chi connectivity index (χ2v) is 8.43. The van der Waals surface area contributed by atoms with Gasteiger partial charge in [0, 0.05) is 6.42 Å². The second kappa shape index (κ2) is 8.18. The van der Waals surface area contributed by atoms with E-state index >= 15 is 0 Å². The Kier molecular flexibility index (Phi) is 5.55. The molecule has 1 unspecified atom stereocenters. The molecular weight excluding hydrogens is 392 g/mol. The van der Waals surface area contributed by atoms with Crippen LogP contribution in [-0.2, 0) is 39.8 Å². The molecule has 4 saturated heterocycles. The summed E-state index contributed by atoms with van der Waals surface area (Å²) in [5.41, 5.74) is 1.09. The van der Waals surface area contributed by atoms with E-state index in [1.807, 2.05) is 30.3 Å². The van der Waals surface area contributed by atoms with Crippen LogP contribution in [0.5, 0.6) is 0 Å². The molecule has 8 nitrogen and oxygen atoms in total. The molecule has 2 bridgehead atoms. The maximum Gasteiger partial charge on any atom is 0.308 e. The fourth-order valence-electron chi connectivity index (χ4n) is 5.04. The smallest absolute Gasteiger partial charge is 0.308 e. The molecule has 0 radical (unpaired) electrons. The summed E-state index contributed by atoms with van der Waals surface area (Å²) in [6.07, 6.45) is -0.670. The Morgan fingerprint density at radius 3 is 2.63 bits per heavy atom. The molecule has 1 aromatic carbocycles. The molecule has 1 aromatic rings. The number of fused-ring (bicyclic) bond motifs is 3. The highest BCUT2D eigenvalue weighted by Crippen LogP contribution is 2.52. The van der Waals surface area contributed by atoms with Crippen LogP contribution in [0.15, 0.2) is 30.3 Å². The summed E-state index contributed by atoms with van der Waals surface area (Å²) in [6, 6.07) is 9.92. The van der Waals surface area contributed by atoms with Gasteiger partial charge in [-0.05, 0) is 18.4 Å². The molecule has 30 heavy (non-hydrogen) atoms. The Hall–Kier alpha value is -1.55. The minimum absolute atomic E-state index is 0.172. The molecule has 8 atom stereocenters. The molecule has 8 heteroatoms. The Labute approximate surface area is 175 Å². The lowest BCUT2D eigenvalue weighted by Gasteiger charge is -2.49. The highest BCUT2D eigenvalue weighted by molar-refractivity contribution is 5.69. The van der Waals surface area contributed by atoms with Crippen molar-refractivity contribution in [1.82, 2.24) is 0 Å². The summed E-state index contributed by atoms with van der Waals surface area (Å²) in [6.45, 7) is 0.876. The predicted octanol–water partition coefficient (Wildman–Crippen LogP) is 1.33. The van der Waals surface area contributed by atoms with E-state index in [0.29, 0.717) is 26.1 Å². The van der Waals surface area contributed by atoms with Gasteiger partial charge in [0.1, 0.15) is 30.5 Å². The van der Waals surface area contributed by atoms with E-state index in [0.717, 1.165) is 12.0 Å². The van der Waals surface area contributed by atoms with Gasteiger partial charge >= 0.3 is 5.97 Å². The third-order valence-electron chi connectivity index (χ3n) is 6.55. The summed E-state index contributed by atoms with van der Waals surface area (Å²) < 4.78 is 35.3. The Balaban J connectivity index is 1.21. The first-order chi connectivity index (χ1) is 14.6. The quantitative estimate of drug-likeness (QED) is 0.522. The Morgan fingerprint density at radius 2 is 1.87 bits per heavy atom. The Bertz CT molecular complexity index is 757. The predicted molar refractivity (Wildman–Crippen MR) is 102 cm³/mol. The number of esters is 1. The SMILES string of the molecule is COC(=O)C[C@H]1CC[C@@H]2O[C@H]3C(O)[C@@]4(CCOCc5ccccc5)O[C@@H]([C@H]2O1)[C@@H]3O4. The van der Waals surface area contributed by atoms with Gasteiger partial charge in [0.25, 0.3) is 0 Å². The zero-order valence-electron chi connectivity index (χ0n) is 17.0. The van der Waals surface area contributed by atoms with Crippen molar-refractivity contribution in [3.63, 3.8) is 0 Å². The van der Waals surface area contributed by atoms with Crippen molar-refractivity contribution >= 4 is 5.97 Å². The maximum atomic E-state index is 11.6. The lowest BCUT2D eigenvalue weighted by Crippen LogP contribution is -2.65. The molecule has 0 spiro atoms. The number of methoxy groups -OCH3 is 1. The molecule has 0 aliphatic carbocycles. The van der Waals surface area contributed by atoms with Gasteiger partial charge in [-0.3, -0.25) is 4.79 Å². The number of ether oxygens (including phenoxy) is 6. The average molecular weight is 420 g/mol. The first-order valence-electron chi connectivity index (χ1n) is 10.6. The van der Waals surface area contributed by atoms with Gasteiger partial charge in [-0.1, -0.05) is 30.3 Å². The molecule has 164 valence electrons. The van der Waals surface area contributed by atoms with Crippen molar-refractivity contribution in [3.8, 4) is 0 Å². The maximum absolute atomic E-state index is 11.6. The van der Waals surface area contributed by atoms with E-state index in [9.17, 15) is 9.90 Å². The van der Waals surface area contributed by atoms with Crippen molar-refractivity contribution in [1.29, 1.82) is 0 Å². The van der Waals surface area contributed by atoms with E-state index < -0.39 is 18.0 Å². The number of carbonyl (C=O) groups is 1. The van der Waals surface area contributed by atoms with Crippen LogP contribution in [0.25, 0.3) is 0 Å². The topological polar surface area (TPSA) is 92.7 Å². The normalized spacial score (nSPS) is 41.5. The van der Waals surface area contributed by atoms with Gasteiger partial charge in [-0.15, -0.1) is 0 Å². The van der Waals surface area contributed by atoms with Gasteiger partial charge in [-0.2, -0.15) is 0 Å². The highest BCUT2D eigenvalue weighted by atomic mass is 16.8. The fraction of sp³-hybridized carbons (Fsp3) is 0.682. The summed E-state index contributed by atoms with van der Waals surface area (Å²) in [5.74, 6) is -1.43. The largest absolute Gasteiger partial charge is 0.469 e. The van der Waals surface area contributed by atoms with Crippen LogP contribution in [0.4, 0.5) is 0 Å². The Morgan fingerprint density at radius 1 is 1.10 bits per heavy atom. The summed E-state index contributed by atoms with van der Waals surface area (Å²) >= 11 is 0. The van der Waals surface area contributed by atoms with Crippen molar-refractivity contribution in [2.45, 2.75) is 80.8 Å². The van der Waals surface area contributed by atoms with Gasteiger partial charge in [0.05, 0.1) is 39.0 Å². The molecule has 1 N–H and O–H groups in total. The number of rotatable bonds is 7. The number of aliphatic hydroxyl groups excluding tert-OH is 1. The van der Waals surface area contributed by atoms with E-state index in [1.165, 1.54) is 7.11 Å². The zero-order chi connectivity index (χ0) is 20.7. The molecule has 0 amide bonds. The number of hydrogen-bond acceptors (Lipinski definition) is 8. The minimum Gasteiger partial charge on any atom is -0.469 e. The molecule has 0 aromatic heterocycles. The van der Waals surface area contributed by atoms with Crippen LogP contribution < -0.4 is 0 Å². The van der Waals surface area contributed by atoms with Gasteiger partial charge < -0.3 is 33.5 Å². The first-order valence-corrected chi connectivity index (χ1v) is 10.6. The summed E-state index contributed by atoms with van der Waals surface area (Å²) in [4.78, 5) is 11.6. The molecule has 4 fully saturated rings. The fourth-order valence-corrected chi connectivity index (χ4v) is 5.04. The van der Waals surface area contributed by atoms with Crippen molar-refractivity contribution in [3.05, 3.63) is 35.9 Å². The van der Waals surface area contributed by atoms with Crippen LogP contribution in [0, 0.1) is 0 Å². The van der Waals surface area contributed by atoms with E-state index in [2.05, 4.69) is 0 Å². The van der Waals surface area contributed by atoms with Crippen molar-refractivity contribution in [2.24, 2.45) is 0 Å². The van der Waals surface area contributed by atoms with Crippen molar-refractivity contribution < 1.29 is 38.3 Å². The second-order valence-electron chi connectivity index (χ2n) is 8.43. The summed E-state index contributed by atoms with van der Waals surface area (Å²) in [7, 11) is 1.38. The number of hydrogen-bond donors (Lipinski definition) is 1. The van der Waals surface area contributed by atoms with Gasteiger partial charge in [0.15, 0.2) is 5.79 Å². The van der Waals surface area contributed by atoms with E-state index in [-0.39, 0.29) is 42.9 Å². The standard InChI is InChI=1S/C22H28O8/c1-25-16(23)11-14-7-8-15-17(27-14)18-19-20(28-15)21(24)22(29-18,30-19)9-10-26-12-13-5-3-2-4-6-13/h2-6,14-15,17-21,24H,7-12H2,1H3/t14-,15+,17+,18+,19+,20-,21?,22+/m1/s1. The van der Waals surface area contributed by atoms with Crippen LogP contribution in [-0.4, -0.2) is 73.3 Å². The third kappa shape index (κ3) is 3.55. The van der Waals surface area contributed by atoms with Crippen LogP contribution in [0.2, 0.25) is 0 Å². The first kappa shape index (κ1) is 20.4. The molecule has 0 saturated carbocycles. The lowest BCUT2D eigenvalue weighted by molar-refractivity contribution is -0.301. The number of carbonyl (C=O) groups excluding carboxylic acids is 1. The van der Waals surface area contributed by atoms with Crippen LogP contribution in [0.3, 0.4) is 0 Å². The minimum atomic E-state index is -1.14. The van der Waals surface area contributed by atoms with Crippen LogP contribution >= 0.6 is 0 Å². The van der Waals surface area contributed by atoms with Gasteiger partial charge in [-0.25, -0.2) is 0 Å². The third-order valence-corrected chi connectivity index (χ3v) is 6.55. The lowest BCUT2D eigenvalue weighted by atomic mass is 9.85. The summed E-state index contributed by atoms with van der Waals surface area (Å²) in [5, 5.41) is 10.9. The monoisotopic (exact) mass is 420 g/mol. The molecule has 4 heterocycles. The average Bonchev–Trinajstić information content (AvgIpc) is 3.29. The van der Waals surface area contributed by atoms with Gasteiger partial charge in [0.2, 0.25) is 0 Å². The molecule has 5 rings (SSSR count). The molecule has 4 aliphatic rings.